The fraction of sp³-hybridized carbons (Fsp3) is 0.250. The standard InChI is InChI=1S/C20H23NO2/c1-3-5-14-21(18-11-7-6-8-12-18)19-13-9-10-17(15-19)16-23-20(22)4-2/h4,6-13,15H,2-3,5,14,16H2,1H3. The van der Waals surface area contributed by atoms with E-state index in [0.717, 1.165) is 30.6 Å². The molecule has 0 aliphatic heterocycles. The second-order valence-corrected chi connectivity index (χ2v) is 5.32. The van der Waals surface area contributed by atoms with E-state index in [4.69, 9.17) is 4.74 Å². The van der Waals surface area contributed by atoms with Crippen LogP contribution in [0.4, 0.5) is 11.4 Å². The predicted octanol–water partition coefficient (Wildman–Crippen LogP) is 4.85. The average molecular weight is 309 g/mol. The van der Waals surface area contributed by atoms with Crippen molar-refractivity contribution in [2.24, 2.45) is 0 Å². The third-order valence-corrected chi connectivity index (χ3v) is 3.57. The average Bonchev–Trinajstić information content (AvgIpc) is 2.61. The van der Waals surface area contributed by atoms with Crippen LogP contribution in [0.25, 0.3) is 0 Å². The Balaban J connectivity index is 2.21. The van der Waals surface area contributed by atoms with E-state index in [2.05, 4.69) is 42.7 Å². The maximum atomic E-state index is 11.2. The largest absolute Gasteiger partial charge is 0.458 e. The molecule has 2 aromatic rings. The minimum absolute atomic E-state index is 0.259. The third-order valence-electron chi connectivity index (χ3n) is 3.57. The number of hydrogen-bond acceptors (Lipinski definition) is 3. The van der Waals surface area contributed by atoms with Gasteiger partial charge in [-0.2, -0.15) is 0 Å². The Morgan fingerprint density at radius 3 is 2.57 bits per heavy atom. The highest BCUT2D eigenvalue weighted by atomic mass is 16.5. The quantitative estimate of drug-likeness (QED) is 0.515. The summed E-state index contributed by atoms with van der Waals surface area (Å²) in [6.07, 6.45) is 3.44. The zero-order valence-electron chi connectivity index (χ0n) is 13.6. The number of hydrogen-bond donors (Lipinski definition) is 0. The number of unbranched alkanes of at least 4 members (excludes halogenated alkanes) is 1. The van der Waals surface area contributed by atoms with Crippen LogP contribution in [-0.2, 0) is 16.1 Å². The van der Waals surface area contributed by atoms with E-state index in [1.807, 2.05) is 30.3 Å². The summed E-state index contributed by atoms with van der Waals surface area (Å²) < 4.78 is 5.12. The zero-order chi connectivity index (χ0) is 16.5. The van der Waals surface area contributed by atoms with Gasteiger partial charge in [0.15, 0.2) is 0 Å². The Morgan fingerprint density at radius 1 is 1.13 bits per heavy atom. The maximum absolute atomic E-state index is 11.2. The highest BCUT2D eigenvalue weighted by molar-refractivity contribution is 5.81. The van der Waals surface area contributed by atoms with Crippen LogP contribution in [0.15, 0.2) is 67.3 Å². The molecule has 0 radical (unpaired) electrons. The molecule has 0 saturated carbocycles. The summed E-state index contributed by atoms with van der Waals surface area (Å²) in [5.74, 6) is -0.402. The van der Waals surface area contributed by atoms with Gasteiger partial charge in [-0.3, -0.25) is 0 Å². The second kappa shape index (κ2) is 8.79. The van der Waals surface area contributed by atoms with Crippen molar-refractivity contribution in [2.45, 2.75) is 26.4 Å². The number of carbonyl (C=O) groups is 1. The van der Waals surface area contributed by atoms with Gasteiger partial charge < -0.3 is 9.64 Å². The normalized spacial score (nSPS) is 10.1. The van der Waals surface area contributed by atoms with Crippen LogP contribution in [0.1, 0.15) is 25.3 Å². The van der Waals surface area contributed by atoms with Gasteiger partial charge in [0.05, 0.1) is 0 Å². The fourth-order valence-electron chi connectivity index (χ4n) is 2.36. The fourth-order valence-corrected chi connectivity index (χ4v) is 2.36. The van der Waals surface area contributed by atoms with Gasteiger partial charge in [-0.15, -0.1) is 0 Å². The van der Waals surface area contributed by atoms with Crippen LogP contribution in [0.5, 0.6) is 0 Å². The van der Waals surface area contributed by atoms with Crippen LogP contribution in [0.2, 0.25) is 0 Å². The SMILES string of the molecule is C=CC(=O)OCc1cccc(N(CCCC)c2ccccc2)c1. The van der Waals surface area contributed by atoms with Crippen molar-refractivity contribution in [3.05, 3.63) is 72.8 Å². The van der Waals surface area contributed by atoms with Gasteiger partial charge in [-0.25, -0.2) is 4.79 Å². The van der Waals surface area contributed by atoms with Crippen LogP contribution >= 0.6 is 0 Å². The Labute approximate surface area is 138 Å². The lowest BCUT2D eigenvalue weighted by Gasteiger charge is -2.25. The molecule has 0 amide bonds. The molecule has 3 nitrogen and oxygen atoms in total. The number of esters is 1. The smallest absolute Gasteiger partial charge is 0.330 e. The molecule has 0 unspecified atom stereocenters. The van der Waals surface area contributed by atoms with Crippen molar-refractivity contribution < 1.29 is 9.53 Å². The molecular weight excluding hydrogens is 286 g/mol. The van der Waals surface area contributed by atoms with Gasteiger partial charge in [0, 0.05) is 24.0 Å². The van der Waals surface area contributed by atoms with E-state index >= 15 is 0 Å². The monoisotopic (exact) mass is 309 g/mol. The Morgan fingerprint density at radius 2 is 1.87 bits per heavy atom. The Hall–Kier alpha value is -2.55. The van der Waals surface area contributed by atoms with Gasteiger partial charge in [0.25, 0.3) is 0 Å². The van der Waals surface area contributed by atoms with Gasteiger partial charge >= 0.3 is 5.97 Å². The van der Waals surface area contributed by atoms with E-state index < -0.39 is 5.97 Å². The Kier molecular flexibility index (Phi) is 6.42. The molecule has 0 aromatic heterocycles. The number of nitrogens with zero attached hydrogens (tertiary/aromatic N) is 1. The summed E-state index contributed by atoms with van der Waals surface area (Å²) in [4.78, 5) is 13.5. The molecule has 0 aliphatic rings. The van der Waals surface area contributed by atoms with Gasteiger partial charge in [-0.05, 0) is 36.2 Å². The highest BCUT2D eigenvalue weighted by Gasteiger charge is 2.09. The summed E-state index contributed by atoms with van der Waals surface area (Å²) in [6.45, 7) is 6.81. The number of anilines is 2. The molecule has 0 aliphatic carbocycles. The highest BCUT2D eigenvalue weighted by Crippen LogP contribution is 2.26. The molecule has 0 N–H and O–H groups in total. The molecule has 0 fully saturated rings. The number of para-hydroxylation sites is 1. The number of benzene rings is 2. The summed E-state index contributed by atoms with van der Waals surface area (Å²) in [5.41, 5.74) is 3.24. The minimum atomic E-state index is -0.402. The zero-order valence-corrected chi connectivity index (χ0v) is 13.6. The van der Waals surface area contributed by atoms with Crippen LogP contribution in [0, 0.1) is 0 Å². The topological polar surface area (TPSA) is 29.5 Å². The number of ether oxygens (including phenoxy) is 1. The molecule has 0 spiro atoms. The molecule has 2 aromatic carbocycles. The minimum Gasteiger partial charge on any atom is -0.458 e. The maximum Gasteiger partial charge on any atom is 0.330 e. The van der Waals surface area contributed by atoms with Crippen molar-refractivity contribution in [2.75, 3.05) is 11.4 Å². The van der Waals surface area contributed by atoms with Gasteiger partial charge in [-0.1, -0.05) is 50.3 Å². The van der Waals surface area contributed by atoms with Gasteiger partial charge in [0.1, 0.15) is 6.61 Å². The number of rotatable bonds is 8. The van der Waals surface area contributed by atoms with Crippen LogP contribution < -0.4 is 4.90 Å². The molecule has 3 heteroatoms. The van der Waals surface area contributed by atoms with Crippen molar-refractivity contribution in [3.63, 3.8) is 0 Å². The predicted molar refractivity (Wildman–Crippen MR) is 94.8 cm³/mol. The lowest BCUT2D eigenvalue weighted by Crippen LogP contribution is -2.18. The molecular formula is C20H23NO2. The van der Waals surface area contributed by atoms with Crippen molar-refractivity contribution in [3.8, 4) is 0 Å². The van der Waals surface area contributed by atoms with Crippen molar-refractivity contribution in [1.29, 1.82) is 0 Å². The summed E-state index contributed by atoms with van der Waals surface area (Å²) >= 11 is 0. The molecule has 0 saturated heterocycles. The van der Waals surface area contributed by atoms with Crippen LogP contribution in [0.3, 0.4) is 0 Å². The van der Waals surface area contributed by atoms with E-state index in [-0.39, 0.29) is 6.61 Å². The first-order valence-electron chi connectivity index (χ1n) is 7.95. The second-order valence-electron chi connectivity index (χ2n) is 5.32. The summed E-state index contributed by atoms with van der Waals surface area (Å²) in [6, 6.07) is 18.4. The van der Waals surface area contributed by atoms with E-state index in [9.17, 15) is 4.79 Å². The molecule has 0 bridgehead atoms. The summed E-state index contributed by atoms with van der Waals surface area (Å²) in [5, 5.41) is 0. The van der Waals surface area contributed by atoms with E-state index in [1.165, 1.54) is 11.8 Å². The lowest BCUT2D eigenvalue weighted by atomic mass is 10.1. The first-order chi connectivity index (χ1) is 11.2. The van der Waals surface area contributed by atoms with Gasteiger partial charge in [0.2, 0.25) is 0 Å². The third kappa shape index (κ3) is 4.99. The molecule has 120 valence electrons. The first kappa shape index (κ1) is 16.8. The molecule has 23 heavy (non-hydrogen) atoms. The molecule has 2 rings (SSSR count). The van der Waals surface area contributed by atoms with E-state index in [0.29, 0.717) is 0 Å². The first-order valence-corrected chi connectivity index (χ1v) is 7.95. The van der Waals surface area contributed by atoms with Crippen LogP contribution in [-0.4, -0.2) is 12.5 Å². The van der Waals surface area contributed by atoms with Crippen molar-refractivity contribution >= 4 is 17.3 Å². The number of carbonyl (C=O) groups excluding carboxylic acids is 1. The Bertz CT molecular complexity index is 637. The summed E-state index contributed by atoms with van der Waals surface area (Å²) in [7, 11) is 0. The lowest BCUT2D eigenvalue weighted by molar-refractivity contribution is -0.138. The van der Waals surface area contributed by atoms with E-state index in [1.54, 1.807) is 0 Å². The molecule has 0 atom stereocenters. The van der Waals surface area contributed by atoms with Crippen molar-refractivity contribution in [1.82, 2.24) is 0 Å². The molecule has 0 heterocycles.